The highest BCUT2D eigenvalue weighted by molar-refractivity contribution is 7.89. The number of hydrogen-bond donors (Lipinski definition) is 1. The van der Waals surface area contributed by atoms with Crippen molar-refractivity contribution in [2.45, 2.75) is 50.5 Å². The van der Waals surface area contributed by atoms with Gasteiger partial charge in [-0.1, -0.05) is 19.3 Å². The summed E-state index contributed by atoms with van der Waals surface area (Å²) in [6.45, 7) is 2.90. The van der Waals surface area contributed by atoms with Crippen LogP contribution < -0.4 is 0 Å². The van der Waals surface area contributed by atoms with Crippen molar-refractivity contribution >= 4 is 21.4 Å². The summed E-state index contributed by atoms with van der Waals surface area (Å²) in [6.07, 6.45) is 5.94. The zero-order chi connectivity index (χ0) is 15.0. The number of thiophene rings is 1. The monoisotopic (exact) mass is 329 g/mol. The summed E-state index contributed by atoms with van der Waals surface area (Å²) < 4.78 is 27.6. The molecule has 0 spiro atoms. The molecule has 2 unspecified atom stereocenters. The van der Waals surface area contributed by atoms with Crippen molar-refractivity contribution in [3.05, 3.63) is 15.8 Å². The first-order chi connectivity index (χ1) is 10.0. The topological polar surface area (TPSA) is 57.6 Å². The summed E-state index contributed by atoms with van der Waals surface area (Å²) in [6, 6.07) is 0. The van der Waals surface area contributed by atoms with Crippen LogP contribution in [-0.2, 0) is 16.6 Å². The lowest BCUT2D eigenvalue weighted by molar-refractivity contribution is 0.136. The lowest BCUT2D eigenvalue weighted by Gasteiger charge is -2.40. The molecule has 1 saturated carbocycles. The van der Waals surface area contributed by atoms with Crippen LogP contribution in [0.1, 0.15) is 42.5 Å². The van der Waals surface area contributed by atoms with Gasteiger partial charge in [-0.05, 0) is 42.5 Å². The number of aliphatic hydroxyl groups is 1. The number of rotatable bonds is 3. The van der Waals surface area contributed by atoms with E-state index in [2.05, 4.69) is 0 Å². The van der Waals surface area contributed by atoms with E-state index in [1.807, 2.05) is 12.3 Å². The average Bonchev–Trinajstić information content (AvgIpc) is 2.88. The van der Waals surface area contributed by atoms with Crippen LogP contribution in [0.15, 0.2) is 10.3 Å². The van der Waals surface area contributed by atoms with Gasteiger partial charge in [-0.25, -0.2) is 8.42 Å². The number of aryl methyl sites for hydroxylation is 1. The molecule has 2 atom stereocenters. The van der Waals surface area contributed by atoms with E-state index in [9.17, 15) is 13.5 Å². The molecule has 1 aliphatic carbocycles. The van der Waals surface area contributed by atoms with E-state index in [0.717, 1.165) is 18.4 Å². The van der Waals surface area contributed by atoms with E-state index in [-0.39, 0.29) is 6.61 Å². The maximum absolute atomic E-state index is 12.9. The van der Waals surface area contributed by atoms with Crippen molar-refractivity contribution in [1.29, 1.82) is 0 Å². The van der Waals surface area contributed by atoms with E-state index < -0.39 is 10.0 Å². The van der Waals surface area contributed by atoms with Crippen LogP contribution in [-0.4, -0.2) is 30.9 Å². The number of sulfonamides is 1. The fraction of sp³-hybridized carbons (Fsp3) is 0.733. The van der Waals surface area contributed by atoms with Crippen LogP contribution >= 0.6 is 11.3 Å². The fourth-order valence-electron chi connectivity index (χ4n) is 3.86. The lowest BCUT2D eigenvalue weighted by atomic mass is 9.76. The Kier molecular flexibility index (Phi) is 4.41. The van der Waals surface area contributed by atoms with Gasteiger partial charge >= 0.3 is 0 Å². The molecule has 2 aliphatic rings. The first-order valence-electron chi connectivity index (χ1n) is 7.72. The quantitative estimate of drug-likeness (QED) is 0.927. The van der Waals surface area contributed by atoms with Crippen LogP contribution in [0.2, 0.25) is 0 Å². The highest BCUT2D eigenvalue weighted by atomic mass is 32.2. The Morgan fingerprint density at radius 2 is 2.00 bits per heavy atom. The maximum Gasteiger partial charge on any atom is 0.244 e. The smallest absolute Gasteiger partial charge is 0.244 e. The molecule has 3 rings (SSSR count). The Balaban J connectivity index is 1.87. The molecule has 1 aromatic heterocycles. The molecule has 6 heteroatoms. The van der Waals surface area contributed by atoms with E-state index in [1.54, 1.807) is 4.31 Å². The van der Waals surface area contributed by atoms with Gasteiger partial charge in [-0.2, -0.15) is 4.31 Å². The third-order valence-corrected chi connectivity index (χ3v) is 8.30. The molecule has 21 heavy (non-hydrogen) atoms. The molecule has 2 heterocycles. The minimum Gasteiger partial charge on any atom is -0.391 e. The van der Waals surface area contributed by atoms with Gasteiger partial charge < -0.3 is 5.11 Å². The second-order valence-electron chi connectivity index (χ2n) is 6.29. The maximum atomic E-state index is 12.9. The summed E-state index contributed by atoms with van der Waals surface area (Å²) in [5.74, 6) is 1.24. The number of fused-ring (bicyclic) bond motifs is 1. The van der Waals surface area contributed by atoms with Gasteiger partial charge in [-0.3, -0.25) is 0 Å². The van der Waals surface area contributed by atoms with Crippen molar-refractivity contribution in [2.24, 2.45) is 11.8 Å². The summed E-state index contributed by atoms with van der Waals surface area (Å²) in [7, 11) is -3.46. The summed E-state index contributed by atoms with van der Waals surface area (Å²) >= 11 is 1.33. The SMILES string of the molecule is Cc1csc(CO)c1S(=O)(=O)N1CCC2CCCCC2C1. The van der Waals surface area contributed by atoms with Gasteiger partial charge in [0.1, 0.15) is 4.90 Å². The Bertz CT molecular complexity index is 608. The van der Waals surface area contributed by atoms with E-state index in [4.69, 9.17) is 0 Å². The normalized spacial score (nSPS) is 27.5. The molecule has 1 aromatic rings. The Hall–Kier alpha value is -0.430. The zero-order valence-corrected chi connectivity index (χ0v) is 14.0. The van der Waals surface area contributed by atoms with Crippen LogP contribution in [0.5, 0.6) is 0 Å². The highest BCUT2D eigenvalue weighted by Gasteiger charge is 2.38. The lowest BCUT2D eigenvalue weighted by Crippen LogP contribution is -2.44. The molecule has 1 N–H and O–H groups in total. The van der Waals surface area contributed by atoms with Gasteiger partial charge in [-0.15, -0.1) is 11.3 Å². The summed E-state index contributed by atoms with van der Waals surface area (Å²) in [5, 5.41) is 11.2. The average molecular weight is 329 g/mol. The summed E-state index contributed by atoms with van der Waals surface area (Å²) in [5.41, 5.74) is 0.759. The Morgan fingerprint density at radius 3 is 2.71 bits per heavy atom. The highest BCUT2D eigenvalue weighted by Crippen LogP contribution is 2.39. The molecule has 2 fully saturated rings. The molecule has 0 aromatic carbocycles. The minimum atomic E-state index is -3.46. The van der Waals surface area contributed by atoms with Crippen molar-refractivity contribution < 1.29 is 13.5 Å². The van der Waals surface area contributed by atoms with Gasteiger partial charge in [0, 0.05) is 13.1 Å². The minimum absolute atomic E-state index is 0.201. The molecular weight excluding hydrogens is 306 g/mol. The molecule has 4 nitrogen and oxygen atoms in total. The van der Waals surface area contributed by atoms with E-state index >= 15 is 0 Å². The van der Waals surface area contributed by atoms with Gasteiger partial charge in [0.2, 0.25) is 10.0 Å². The van der Waals surface area contributed by atoms with Crippen LogP contribution in [0.3, 0.4) is 0 Å². The van der Waals surface area contributed by atoms with Crippen LogP contribution in [0, 0.1) is 18.8 Å². The van der Waals surface area contributed by atoms with Crippen molar-refractivity contribution in [1.82, 2.24) is 4.31 Å². The van der Waals surface area contributed by atoms with Gasteiger partial charge in [0.05, 0.1) is 11.5 Å². The predicted molar refractivity (Wildman–Crippen MR) is 83.8 cm³/mol. The molecule has 0 bridgehead atoms. The first kappa shape index (κ1) is 15.5. The molecule has 0 amide bonds. The second kappa shape index (κ2) is 5.99. The molecular formula is C15H23NO3S2. The first-order valence-corrected chi connectivity index (χ1v) is 10.0. The number of hydrogen-bond acceptors (Lipinski definition) is 4. The third kappa shape index (κ3) is 2.79. The largest absolute Gasteiger partial charge is 0.391 e. The number of aliphatic hydroxyl groups excluding tert-OH is 1. The molecule has 1 saturated heterocycles. The number of piperidine rings is 1. The molecule has 0 radical (unpaired) electrons. The zero-order valence-electron chi connectivity index (χ0n) is 12.4. The van der Waals surface area contributed by atoms with E-state index in [0.29, 0.717) is 34.7 Å². The van der Waals surface area contributed by atoms with Crippen LogP contribution in [0.4, 0.5) is 0 Å². The van der Waals surface area contributed by atoms with Crippen molar-refractivity contribution in [3.63, 3.8) is 0 Å². The molecule has 1 aliphatic heterocycles. The third-order valence-electron chi connectivity index (χ3n) is 4.98. The van der Waals surface area contributed by atoms with Gasteiger partial charge in [0.15, 0.2) is 0 Å². The Morgan fingerprint density at radius 1 is 1.29 bits per heavy atom. The fourth-order valence-corrected chi connectivity index (χ4v) is 6.98. The van der Waals surface area contributed by atoms with Crippen molar-refractivity contribution in [3.8, 4) is 0 Å². The van der Waals surface area contributed by atoms with Crippen molar-refractivity contribution in [2.75, 3.05) is 13.1 Å². The Labute approximate surface area is 130 Å². The molecule has 118 valence electrons. The van der Waals surface area contributed by atoms with E-state index in [1.165, 1.54) is 30.6 Å². The predicted octanol–water partition coefficient (Wildman–Crippen LogP) is 2.75. The number of nitrogens with zero attached hydrogens (tertiary/aromatic N) is 1. The second-order valence-corrected chi connectivity index (χ2v) is 9.12. The van der Waals surface area contributed by atoms with Crippen LogP contribution in [0.25, 0.3) is 0 Å². The standard InChI is InChI=1S/C15H23NO3S2/c1-11-10-20-14(9-17)15(11)21(18,19)16-7-6-12-4-2-3-5-13(12)8-16/h10,12-13,17H,2-9H2,1H3. The van der Waals surface area contributed by atoms with Gasteiger partial charge in [0.25, 0.3) is 0 Å². The summed E-state index contributed by atoms with van der Waals surface area (Å²) in [4.78, 5) is 0.919.